The Labute approximate surface area is 267 Å². The molecule has 1 saturated carbocycles. The first-order valence-electron chi connectivity index (χ1n) is 14.5. The number of nitrogens with one attached hydrogen (secondary N) is 1. The molecule has 0 radical (unpaired) electrons. The molecule has 0 saturated heterocycles. The summed E-state index contributed by atoms with van der Waals surface area (Å²) in [6.45, 7) is -0.245. The van der Waals surface area contributed by atoms with Crippen LogP contribution < -0.4 is 19.7 Å². The lowest BCUT2D eigenvalue weighted by Crippen LogP contribution is -2.59. The third-order valence-corrected chi connectivity index (χ3v) is 9.54. The zero-order valence-electron chi connectivity index (χ0n) is 24.0. The van der Waals surface area contributed by atoms with E-state index >= 15 is 0 Å². The number of benzene rings is 3. The van der Waals surface area contributed by atoms with Gasteiger partial charge in [-0.15, -0.1) is 11.3 Å². The lowest BCUT2D eigenvalue weighted by atomic mass is 9.92. The fraction of sp³-hybridized carbons (Fsp3) is 0.242. The number of ether oxygens (including phenoxy) is 2. The highest BCUT2D eigenvalue weighted by atomic mass is 35.5. The molecule has 45 heavy (non-hydrogen) atoms. The summed E-state index contributed by atoms with van der Waals surface area (Å²) < 4.78 is 10.9. The van der Waals surface area contributed by atoms with Crippen LogP contribution in [0.25, 0.3) is 11.3 Å². The van der Waals surface area contributed by atoms with Crippen LogP contribution in [-0.4, -0.2) is 52.3 Å². The maximum atomic E-state index is 14.3. The Morgan fingerprint density at radius 2 is 1.76 bits per heavy atom. The van der Waals surface area contributed by atoms with Crippen molar-refractivity contribution in [3.05, 3.63) is 87.7 Å². The Morgan fingerprint density at radius 3 is 2.56 bits per heavy atom. The molecular formula is C33H27ClN4O6S. The van der Waals surface area contributed by atoms with Gasteiger partial charge >= 0.3 is 0 Å². The van der Waals surface area contributed by atoms with Gasteiger partial charge in [-0.1, -0.05) is 48.7 Å². The van der Waals surface area contributed by atoms with E-state index in [1.807, 2.05) is 17.5 Å². The number of halogens is 1. The second-order valence-corrected chi connectivity index (χ2v) is 12.5. The Balaban J connectivity index is 1.22. The molecule has 3 heterocycles. The van der Waals surface area contributed by atoms with Crippen LogP contribution in [0.4, 0.5) is 11.4 Å². The van der Waals surface area contributed by atoms with Crippen LogP contribution in [0.3, 0.4) is 0 Å². The molecule has 228 valence electrons. The fourth-order valence-electron chi connectivity index (χ4n) is 6.18. The SMILES string of the molecule is O=C1C(=O)N(CC(=O)N(Cc2nc(-c3ccc(Cl)cc3)cs2)C2(C(=O)Nc3ccc4c(c3)OCO4)CCCC2)c2ccccc21. The number of thiazole rings is 1. The number of carbonyl (C=O) groups excluding carboxylic acids is 4. The Kier molecular flexibility index (Phi) is 7.50. The predicted molar refractivity (Wildman–Crippen MR) is 169 cm³/mol. The van der Waals surface area contributed by atoms with Gasteiger partial charge in [-0.05, 0) is 49.2 Å². The molecule has 0 unspecified atom stereocenters. The molecule has 10 nitrogen and oxygen atoms in total. The van der Waals surface area contributed by atoms with Gasteiger partial charge < -0.3 is 19.7 Å². The third kappa shape index (κ3) is 5.32. The average molecular weight is 643 g/mol. The van der Waals surface area contributed by atoms with Gasteiger partial charge in [0.25, 0.3) is 11.7 Å². The van der Waals surface area contributed by atoms with Crippen LogP contribution in [-0.2, 0) is 20.9 Å². The number of Topliss-reactive ketones (excluding diaryl/α,β-unsaturated/α-hetero) is 1. The van der Waals surface area contributed by atoms with Crippen molar-refractivity contribution < 1.29 is 28.7 Å². The van der Waals surface area contributed by atoms with E-state index in [2.05, 4.69) is 5.32 Å². The minimum Gasteiger partial charge on any atom is -0.454 e. The van der Waals surface area contributed by atoms with E-state index in [9.17, 15) is 19.2 Å². The molecule has 3 aliphatic rings. The first kappa shape index (κ1) is 29.0. The topological polar surface area (TPSA) is 118 Å². The highest BCUT2D eigenvalue weighted by molar-refractivity contribution is 7.09. The third-order valence-electron chi connectivity index (χ3n) is 8.46. The quantitative estimate of drug-likeness (QED) is 0.245. The lowest BCUT2D eigenvalue weighted by Gasteiger charge is -2.40. The smallest absolute Gasteiger partial charge is 0.299 e. The van der Waals surface area contributed by atoms with Gasteiger partial charge in [-0.3, -0.25) is 24.1 Å². The summed E-state index contributed by atoms with van der Waals surface area (Å²) >= 11 is 7.45. The van der Waals surface area contributed by atoms with E-state index in [-0.39, 0.29) is 24.8 Å². The van der Waals surface area contributed by atoms with Crippen molar-refractivity contribution in [1.29, 1.82) is 0 Å². The van der Waals surface area contributed by atoms with Crippen LogP contribution in [0.15, 0.2) is 72.1 Å². The maximum absolute atomic E-state index is 14.3. The van der Waals surface area contributed by atoms with Crippen molar-refractivity contribution in [3.8, 4) is 22.8 Å². The molecule has 2 aliphatic heterocycles. The molecule has 1 aromatic heterocycles. The van der Waals surface area contributed by atoms with Crippen molar-refractivity contribution in [3.63, 3.8) is 0 Å². The van der Waals surface area contributed by atoms with E-state index in [0.717, 1.165) is 24.1 Å². The predicted octanol–water partition coefficient (Wildman–Crippen LogP) is 5.70. The number of nitrogens with zero attached hydrogens (tertiary/aromatic N) is 3. The Bertz CT molecular complexity index is 1830. The number of para-hydroxylation sites is 1. The average Bonchev–Trinajstić information content (AvgIpc) is 3.86. The Hall–Kier alpha value is -4.74. The molecule has 12 heteroatoms. The number of aromatic nitrogens is 1. The van der Waals surface area contributed by atoms with E-state index in [1.54, 1.807) is 59.5 Å². The molecule has 1 N–H and O–H groups in total. The van der Waals surface area contributed by atoms with E-state index < -0.39 is 29.7 Å². The molecule has 1 fully saturated rings. The minimum atomic E-state index is -1.22. The molecule has 4 aromatic rings. The monoisotopic (exact) mass is 642 g/mol. The number of hydrogen-bond donors (Lipinski definition) is 1. The van der Waals surface area contributed by atoms with Crippen LogP contribution in [0.1, 0.15) is 41.0 Å². The summed E-state index contributed by atoms with van der Waals surface area (Å²) in [4.78, 5) is 61.9. The standard InChI is InChI=1S/C33H27ClN4O6S/c34-21-9-7-20(8-10-21)24-18-45-28(36-24)16-38(29(39)17-37-25-6-2-1-5-23(25)30(40)31(37)41)33(13-3-4-14-33)32(42)35-22-11-12-26-27(15-22)44-19-43-26/h1-2,5-12,15,18H,3-4,13-14,16-17,19H2,(H,35,42). The highest BCUT2D eigenvalue weighted by Gasteiger charge is 2.50. The summed E-state index contributed by atoms with van der Waals surface area (Å²) in [5.74, 6) is -1.12. The van der Waals surface area contributed by atoms with Gasteiger partial charge in [0.2, 0.25) is 18.6 Å². The second kappa shape index (κ2) is 11.6. The number of rotatable bonds is 8. The van der Waals surface area contributed by atoms with E-state index in [1.165, 1.54) is 16.2 Å². The van der Waals surface area contributed by atoms with Crippen LogP contribution in [0.2, 0.25) is 5.02 Å². The van der Waals surface area contributed by atoms with E-state index in [0.29, 0.717) is 45.7 Å². The van der Waals surface area contributed by atoms with Crippen molar-refractivity contribution in [1.82, 2.24) is 9.88 Å². The number of fused-ring (bicyclic) bond motifs is 2. The normalized spacial score (nSPS) is 16.2. The second-order valence-electron chi connectivity index (χ2n) is 11.1. The summed E-state index contributed by atoms with van der Waals surface area (Å²) in [6, 6.07) is 19.1. The van der Waals surface area contributed by atoms with Crippen LogP contribution >= 0.6 is 22.9 Å². The van der Waals surface area contributed by atoms with Crippen LogP contribution in [0, 0.1) is 0 Å². The lowest BCUT2D eigenvalue weighted by molar-refractivity contribution is -0.145. The zero-order chi connectivity index (χ0) is 31.1. The molecular weight excluding hydrogens is 616 g/mol. The van der Waals surface area contributed by atoms with Gasteiger partial charge in [0, 0.05) is 27.7 Å². The number of anilines is 2. The summed E-state index contributed by atoms with van der Waals surface area (Å²) in [5.41, 5.74) is 1.52. The molecule has 0 spiro atoms. The number of ketones is 1. The summed E-state index contributed by atoms with van der Waals surface area (Å²) in [5, 5.41) is 6.14. The number of hydrogen-bond acceptors (Lipinski definition) is 8. The minimum absolute atomic E-state index is 0.0449. The van der Waals surface area contributed by atoms with Crippen LogP contribution in [0.5, 0.6) is 11.5 Å². The largest absolute Gasteiger partial charge is 0.454 e. The van der Waals surface area contributed by atoms with Gasteiger partial charge in [-0.25, -0.2) is 4.98 Å². The maximum Gasteiger partial charge on any atom is 0.299 e. The Morgan fingerprint density at radius 1 is 1.00 bits per heavy atom. The van der Waals surface area contributed by atoms with Gasteiger partial charge in [-0.2, -0.15) is 0 Å². The highest BCUT2D eigenvalue weighted by Crippen LogP contribution is 2.40. The summed E-state index contributed by atoms with van der Waals surface area (Å²) in [7, 11) is 0. The zero-order valence-corrected chi connectivity index (χ0v) is 25.5. The van der Waals surface area contributed by atoms with Gasteiger partial charge in [0.05, 0.1) is 23.5 Å². The van der Waals surface area contributed by atoms with Gasteiger partial charge in [0.15, 0.2) is 11.5 Å². The van der Waals surface area contributed by atoms with Crippen molar-refractivity contribution in [2.45, 2.75) is 37.8 Å². The molecule has 1 aliphatic carbocycles. The molecule has 7 rings (SSSR count). The molecule has 3 aromatic carbocycles. The fourth-order valence-corrected chi connectivity index (χ4v) is 7.09. The van der Waals surface area contributed by atoms with Crippen molar-refractivity contribution in [2.75, 3.05) is 23.6 Å². The first-order valence-corrected chi connectivity index (χ1v) is 15.8. The number of carbonyl (C=O) groups is 4. The summed E-state index contributed by atoms with van der Waals surface area (Å²) in [6.07, 6.45) is 2.31. The van der Waals surface area contributed by atoms with Gasteiger partial charge in [0.1, 0.15) is 17.1 Å². The number of amides is 3. The first-order chi connectivity index (χ1) is 21.8. The molecule has 3 amide bonds. The van der Waals surface area contributed by atoms with Crippen molar-refractivity contribution >= 4 is 57.8 Å². The van der Waals surface area contributed by atoms with E-state index in [4.69, 9.17) is 26.1 Å². The molecule has 0 bridgehead atoms. The van der Waals surface area contributed by atoms with Crippen molar-refractivity contribution in [2.24, 2.45) is 0 Å². The molecule has 0 atom stereocenters.